The summed E-state index contributed by atoms with van der Waals surface area (Å²) in [4.78, 5) is 2.49. The number of hydrogen-bond acceptors (Lipinski definition) is 3. The number of aromatic nitrogens is 2. The maximum atomic E-state index is 5.35. The Morgan fingerprint density at radius 3 is 3.06 bits per heavy atom. The van der Waals surface area contributed by atoms with Crippen molar-refractivity contribution >= 4 is 10.9 Å². The second-order valence-corrected chi connectivity index (χ2v) is 4.85. The first-order chi connectivity index (χ1) is 8.92. The molecule has 0 radical (unpaired) electrons. The third-order valence-corrected chi connectivity index (χ3v) is 3.55. The predicted molar refractivity (Wildman–Crippen MR) is 71.7 cm³/mol. The van der Waals surface area contributed by atoms with Gasteiger partial charge in [0.15, 0.2) is 0 Å². The molecule has 4 heteroatoms. The van der Waals surface area contributed by atoms with Gasteiger partial charge in [-0.1, -0.05) is 6.07 Å². The Bertz CT molecular complexity index is 502. The Labute approximate surface area is 107 Å². The number of aromatic amines is 1. The molecule has 3 rings (SSSR count). The van der Waals surface area contributed by atoms with E-state index >= 15 is 0 Å². The molecule has 0 saturated carbocycles. The van der Waals surface area contributed by atoms with Gasteiger partial charge in [-0.25, -0.2) is 0 Å². The lowest BCUT2D eigenvalue weighted by atomic mass is 10.1. The zero-order chi connectivity index (χ0) is 12.2. The van der Waals surface area contributed by atoms with Crippen molar-refractivity contribution in [1.82, 2.24) is 15.1 Å². The van der Waals surface area contributed by atoms with E-state index in [1.807, 2.05) is 6.20 Å². The van der Waals surface area contributed by atoms with Gasteiger partial charge in [0.05, 0.1) is 24.9 Å². The fourth-order valence-electron chi connectivity index (χ4n) is 2.48. The number of nitrogens with zero attached hydrogens (tertiary/aromatic N) is 2. The van der Waals surface area contributed by atoms with Crippen LogP contribution in [0.1, 0.15) is 12.0 Å². The van der Waals surface area contributed by atoms with E-state index in [4.69, 9.17) is 4.74 Å². The van der Waals surface area contributed by atoms with Gasteiger partial charge in [-0.3, -0.25) is 10.00 Å². The van der Waals surface area contributed by atoms with E-state index in [1.54, 1.807) is 0 Å². The number of morpholine rings is 1. The highest BCUT2D eigenvalue weighted by molar-refractivity contribution is 5.78. The number of H-pyrrole nitrogens is 1. The molecule has 96 valence electrons. The van der Waals surface area contributed by atoms with Gasteiger partial charge in [0.25, 0.3) is 0 Å². The van der Waals surface area contributed by atoms with Crippen LogP contribution in [-0.2, 0) is 11.2 Å². The van der Waals surface area contributed by atoms with Crippen molar-refractivity contribution in [2.75, 3.05) is 32.8 Å². The average molecular weight is 245 g/mol. The molecule has 1 aromatic heterocycles. The van der Waals surface area contributed by atoms with Gasteiger partial charge in [0.1, 0.15) is 0 Å². The maximum Gasteiger partial charge on any atom is 0.0650 e. The molecule has 2 heterocycles. The van der Waals surface area contributed by atoms with Crippen LogP contribution in [0.4, 0.5) is 0 Å². The highest BCUT2D eigenvalue weighted by Crippen LogP contribution is 2.14. The second kappa shape index (κ2) is 5.50. The standard InChI is InChI=1S/C14H19N3O/c1(5-17-6-8-18-9-7-17)2-12-3-4-14-13(10-12)11-15-16-14/h3-4,10-11H,1-2,5-9H2,(H,15,16). The van der Waals surface area contributed by atoms with Crippen LogP contribution >= 0.6 is 0 Å². The molecule has 1 aliphatic rings. The molecule has 1 aliphatic heterocycles. The zero-order valence-corrected chi connectivity index (χ0v) is 10.6. The largest absolute Gasteiger partial charge is 0.379 e. The first kappa shape index (κ1) is 11.7. The van der Waals surface area contributed by atoms with E-state index in [0.717, 1.165) is 38.2 Å². The molecule has 4 nitrogen and oxygen atoms in total. The SMILES string of the molecule is c1cc2[nH]ncc2cc1CCCN1CCOCC1. The quantitative estimate of drug-likeness (QED) is 0.893. The molecule has 1 aromatic carbocycles. The van der Waals surface area contributed by atoms with Crippen LogP contribution < -0.4 is 0 Å². The Hall–Kier alpha value is -1.39. The molecular weight excluding hydrogens is 226 g/mol. The molecule has 0 spiro atoms. The lowest BCUT2D eigenvalue weighted by molar-refractivity contribution is 0.0375. The van der Waals surface area contributed by atoms with Crippen LogP contribution in [0, 0.1) is 0 Å². The van der Waals surface area contributed by atoms with Gasteiger partial charge in [0, 0.05) is 18.5 Å². The van der Waals surface area contributed by atoms with E-state index in [-0.39, 0.29) is 0 Å². The van der Waals surface area contributed by atoms with Gasteiger partial charge >= 0.3 is 0 Å². The van der Waals surface area contributed by atoms with Crippen LogP contribution in [0.5, 0.6) is 0 Å². The van der Waals surface area contributed by atoms with E-state index in [1.165, 1.54) is 23.9 Å². The summed E-state index contributed by atoms with van der Waals surface area (Å²) in [6, 6.07) is 6.55. The summed E-state index contributed by atoms with van der Waals surface area (Å²) in [5, 5.41) is 8.24. The van der Waals surface area contributed by atoms with Gasteiger partial charge in [-0.05, 0) is 37.1 Å². The number of rotatable bonds is 4. The van der Waals surface area contributed by atoms with Crippen molar-refractivity contribution in [1.29, 1.82) is 0 Å². The highest BCUT2D eigenvalue weighted by Gasteiger charge is 2.09. The first-order valence-electron chi connectivity index (χ1n) is 6.64. The summed E-state index contributed by atoms with van der Waals surface area (Å²) in [5.74, 6) is 0. The molecule has 0 bridgehead atoms. The van der Waals surface area contributed by atoms with Crippen LogP contribution in [0.25, 0.3) is 10.9 Å². The fourth-order valence-corrected chi connectivity index (χ4v) is 2.48. The number of aryl methyl sites for hydroxylation is 1. The van der Waals surface area contributed by atoms with Crippen molar-refractivity contribution in [3.8, 4) is 0 Å². The number of hydrogen-bond donors (Lipinski definition) is 1. The monoisotopic (exact) mass is 245 g/mol. The fraction of sp³-hybridized carbons (Fsp3) is 0.500. The summed E-state index contributed by atoms with van der Waals surface area (Å²) in [5.41, 5.74) is 2.52. The smallest absolute Gasteiger partial charge is 0.0650 e. The second-order valence-electron chi connectivity index (χ2n) is 4.85. The Morgan fingerprint density at radius 2 is 2.17 bits per heavy atom. The minimum atomic E-state index is 0.890. The molecule has 0 atom stereocenters. The lowest BCUT2D eigenvalue weighted by Gasteiger charge is -2.26. The van der Waals surface area contributed by atoms with E-state index in [0.29, 0.717) is 0 Å². The number of fused-ring (bicyclic) bond motifs is 1. The third kappa shape index (κ3) is 2.71. The zero-order valence-electron chi connectivity index (χ0n) is 10.6. The molecule has 1 N–H and O–H groups in total. The highest BCUT2D eigenvalue weighted by atomic mass is 16.5. The molecule has 1 saturated heterocycles. The van der Waals surface area contributed by atoms with Gasteiger partial charge in [-0.15, -0.1) is 0 Å². The minimum absolute atomic E-state index is 0.890. The van der Waals surface area contributed by atoms with Crippen LogP contribution in [0.3, 0.4) is 0 Å². The Kier molecular flexibility index (Phi) is 3.57. The summed E-state index contributed by atoms with van der Waals surface area (Å²) >= 11 is 0. The van der Waals surface area contributed by atoms with Crippen LogP contribution in [0.2, 0.25) is 0 Å². The molecule has 0 unspecified atom stereocenters. The molecular formula is C14H19N3O. The summed E-state index contributed by atoms with van der Waals surface area (Å²) in [6.45, 7) is 5.12. The summed E-state index contributed by atoms with van der Waals surface area (Å²) in [7, 11) is 0. The molecule has 1 fully saturated rings. The first-order valence-corrected chi connectivity index (χ1v) is 6.64. The van der Waals surface area contributed by atoms with Gasteiger partial charge in [0.2, 0.25) is 0 Å². The Balaban J connectivity index is 1.52. The van der Waals surface area contributed by atoms with Crippen molar-refractivity contribution in [3.05, 3.63) is 30.0 Å². The molecule has 18 heavy (non-hydrogen) atoms. The number of benzene rings is 1. The van der Waals surface area contributed by atoms with Crippen LogP contribution in [0.15, 0.2) is 24.4 Å². The van der Waals surface area contributed by atoms with Gasteiger partial charge < -0.3 is 4.74 Å². The van der Waals surface area contributed by atoms with E-state index < -0.39 is 0 Å². The normalized spacial score (nSPS) is 17.3. The van der Waals surface area contributed by atoms with E-state index in [2.05, 4.69) is 33.3 Å². The van der Waals surface area contributed by atoms with Gasteiger partial charge in [-0.2, -0.15) is 5.10 Å². The number of ether oxygens (including phenoxy) is 1. The van der Waals surface area contributed by atoms with E-state index in [9.17, 15) is 0 Å². The third-order valence-electron chi connectivity index (χ3n) is 3.55. The summed E-state index contributed by atoms with van der Waals surface area (Å²) in [6.07, 6.45) is 4.24. The van der Waals surface area contributed by atoms with Crippen molar-refractivity contribution in [2.24, 2.45) is 0 Å². The predicted octanol–water partition coefficient (Wildman–Crippen LogP) is 1.83. The van der Waals surface area contributed by atoms with Crippen molar-refractivity contribution < 1.29 is 4.74 Å². The molecule has 0 amide bonds. The number of nitrogens with one attached hydrogen (secondary N) is 1. The molecule has 2 aromatic rings. The molecule has 0 aliphatic carbocycles. The van der Waals surface area contributed by atoms with Crippen LogP contribution in [-0.4, -0.2) is 47.9 Å². The van der Waals surface area contributed by atoms with Crippen molar-refractivity contribution in [3.63, 3.8) is 0 Å². The minimum Gasteiger partial charge on any atom is -0.379 e. The summed E-state index contributed by atoms with van der Waals surface area (Å²) < 4.78 is 5.35. The lowest BCUT2D eigenvalue weighted by Crippen LogP contribution is -2.36. The van der Waals surface area contributed by atoms with Crippen molar-refractivity contribution in [2.45, 2.75) is 12.8 Å². The Morgan fingerprint density at radius 1 is 1.28 bits per heavy atom. The topological polar surface area (TPSA) is 41.2 Å². The maximum absolute atomic E-state index is 5.35. The average Bonchev–Trinajstić information content (AvgIpc) is 2.87.